The minimum atomic E-state index is 0.944. The van der Waals surface area contributed by atoms with Gasteiger partial charge in [0.15, 0.2) is 0 Å². The second-order valence-electron chi connectivity index (χ2n) is 3.24. The molecule has 2 aliphatic rings. The van der Waals surface area contributed by atoms with Gasteiger partial charge >= 0.3 is 0 Å². The lowest BCUT2D eigenvalue weighted by molar-refractivity contribution is -0.872. The Kier molecular flexibility index (Phi) is 0.884. The van der Waals surface area contributed by atoms with E-state index in [1.807, 2.05) is 0 Å². The van der Waals surface area contributed by atoms with E-state index in [0.717, 1.165) is 12.0 Å². The number of hydrogen-bond acceptors (Lipinski definition) is 0. The first-order chi connectivity index (χ1) is 3.86. The van der Waals surface area contributed by atoms with Gasteiger partial charge in [-0.15, -0.1) is 0 Å². The van der Waals surface area contributed by atoms with Crippen molar-refractivity contribution in [1.29, 1.82) is 0 Å². The van der Waals surface area contributed by atoms with Gasteiger partial charge in [-0.3, -0.25) is 0 Å². The smallest absolute Gasteiger partial charge is 0.0640 e. The second-order valence-corrected chi connectivity index (χ2v) is 3.24. The van der Waals surface area contributed by atoms with E-state index >= 15 is 0 Å². The van der Waals surface area contributed by atoms with Crippen molar-refractivity contribution in [2.75, 3.05) is 6.54 Å². The quantitative estimate of drug-likeness (QED) is 0.414. The van der Waals surface area contributed by atoms with Gasteiger partial charge < -0.3 is 4.90 Å². The Morgan fingerprint density at radius 3 is 2.50 bits per heavy atom. The van der Waals surface area contributed by atoms with Crippen LogP contribution < -0.4 is 4.90 Å². The highest BCUT2D eigenvalue weighted by Crippen LogP contribution is 2.26. The van der Waals surface area contributed by atoms with E-state index in [9.17, 15) is 0 Å². The summed E-state index contributed by atoms with van der Waals surface area (Å²) in [5, 5.41) is 0. The highest BCUT2D eigenvalue weighted by Gasteiger charge is 2.36. The molecule has 0 amide bonds. The zero-order chi connectivity index (χ0) is 5.56. The van der Waals surface area contributed by atoms with Crippen LogP contribution in [0.1, 0.15) is 19.3 Å². The summed E-state index contributed by atoms with van der Waals surface area (Å²) >= 11 is 0. The van der Waals surface area contributed by atoms with E-state index in [2.05, 4.69) is 7.05 Å². The van der Waals surface area contributed by atoms with Crippen molar-refractivity contribution in [1.82, 2.24) is 0 Å². The van der Waals surface area contributed by atoms with Crippen LogP contribution >= 0.6 is 0 Å². The summed E-state index contributed by atoms with van der Waals surface area (Å²) < 4.78 is 0. The van der Waals surface area contributed by atoms with E-state index in [0.29, 0.717) is 0 Å². The number of rotatable bonds is 0. The molecule has 3 atom stereocenters. The average Bonchev–Trinajstić information content (AvgIpc) is 2.23. The maximum atomic E-state index is 4.04. The number of nitrogens with one attached hydrogen (secondary N) is 1. The first kappa shape index (κ1) is 4.80. The molecule has 2 fully saturated rings. The molecule has 1 nitrogen and oxygen atoms in total. The molecule has 1 saturated carbocycles. The number of likely N-dealkylation sites (tertiary alicyclic amines) is 1. The SMILES string of the molecule is [CH2-][NH+]1C[C@@H]2CC[C@H]1C2. The van der Waals surface area contributed by atoms with Gasteiger partial charge in [0.1, 0.15) is 0 Å². The third-order valence-electron chi connectivity index (χ3n) is 2.67. The fourth-order valence-corrected chi connectivity index (χ4v) is 2.17. The van der Waals surface area contributed by atoms with Crippen molar-refractivity contribution in [2.24, 2.45) is 5.92 Å². The van der Waals surface area contributed by atoms with E-state index in [-0.39, 0.29) is 0 Å². The number of piperidine rings is 1. The molecule has 0 aromatic carbocycles. The van der Waals surface area contributed by atoms with Crippen LogP contribution in [0.2, 0.25) is 0 Å². The predicted molar refractivity (Wildman–Crippen MR) is 32.3 cm³/mol. The van der Waals surface area contributed by atoms with Gasteiger partial charge in [-0.1, -0.05) is 0 Å². The molecule has 1 heterocycles. The Bertz CT molecular complexity index is 98.6. The highest BCUT2D eigenvalue weighted by atomic mass is 15.2. The van der Waals surface area contributed by atoms with Crippen molar-refractivity contribution in [2.45, 2.75) is 25.3 Å². The van der Waals surface area contributed by atoms with E-state index in [4.69, 9.17) is 0 Å². The first-order valence-electron chi connectivity index (χ1n) is 3.54. The maximum Gasteiger partial charge on any atom is 0.0640 e. The minimum absolute atomic E-state index is 0.944. The molecule has 0 radical (unpaired) electrons. The third-order valence-corrected chi connectivity index (χ3v) is 2.67. The zero-order valence-electron chi connectivity index (χ0n) is 5.19. The van der Waals surface area contributed by atoms with Crippen LogP contribution in [0.25, 0.3) is 0 Å². The molecule has 0 aromatic heterocycles. The Morgan fingerprint density at radius 1 is 1.38 bits per heavy atom. The van der Waals surface area contributed by atoms with E-state index in [1.165, 1.54) is 25.8 Å². The highest BCUT2D eigenvalue weighted by molar-refractivity contribution is 4.79. The number of fused-ring (bicyclic) bond motifs is 2. The van der Waals surface area contributed by atoms with Crippen molar-refractivity contribution in [3.8, 4) is 0 Å². The summed E-state index contributed by atoms with van der Waals surface area (Å²) in [6, 6.07) is 0.944. The summed E-state index contributed by atoms with van der Waals surface area (Å²) in [5.74, 6) is 1.05. The summed E-state index contributed by atoms with van der Waals surface area (Å²) in [6.07, 6.45) is 4.41. The largest absolute Gasteiger partial charge is 0.465 e. The second kappa shape index (κ2) is 1.47. The van der Waals surface area contributed by atoms with Gasteiger partial charge in [-0.2, -0.15) is 7.05 Å². The van der Waals surface area contributed by atoms with Gasteiger partial charge in [0.2, 0.25) is 0 Å². The van der Waals surface area contributed by atoms with Gasteiger partial charge in [0.25, 0.3) is 0 Å². The molecule has 1 saturated heterocycles. The van der Waals surface area contributed by atoms with Crippen LogP contribution in [0.3, 0.4) is 0 Å². The lowest BCUT2D eigenvalue weighted by Crippen LogP contribution is -3.09. The monoisotopic (exact) mass is 111 g/mol. The molecule has 1 unspecified atom stereocenters. The number of quaternary nitrogens is 1. The molecule has 0 aromatic rings. The van der Waals surface area contributed by atoms with Crippen molar-refractivity contribution < 1.29 is 4.90 Å². The summed E-state index contributed by atoms with van der Waals surface area (Å²) in [6.45, 7) is 1.35. The topological polar surface area (TPSA) is 4.44 Å². The molecule has 0 spiro atoms. The first-order valence-corrected chi connectivity index (χ1v) is 3.54. The predicted octanol–water partition coefficient (Wildman–Crippen LogP) is -0.155. The Balaban J connectivity index is 2.11. The lowest BCUT2D eigenvalue weighted by Gasteiger charge is -2.25. The lowest BCUT2D eigenvalue weighted by atomic mass is 10.1. The minimum Gasteiger partial charge on any atom is -0.465 e. The number of hydrogen-bond donors (Lipinski definition) is 1. The van der Waals surface area contributed by atoms with Gasteiger partial charge in [0, 0.05) is 12.3 Å². The molecule has 1 aliphatic heterocycles. The molecule has 1 aliphatic carbocycles. The summed E-state index contributed by atoms with van der Waals surface area (Å²) in [4.78, 5) is 1.54. The molecule has 46 valence electrons. The van der Waals surface area contributed by atoms with Crippen LogP contribution in [-0.2, 0) is 0 Å². The van der Waals surface area contributed by atoms with Gasteiger partial charge in [-0.05, 0) is 12.8 Å². The zero-order valence-corrected chi connectivity index (χ0v) is 5.19. The Hall–Kier alpha value is -0.0400. The molecule has 1 N–H and O–H groups in total. The Labute approximate surface area is 50.7 Å². The van der Waals surface area contributed by atoms with Gasteiger partial charge in [0.05, 0.1) is 12.6 Å². The Morgan fingerprint density at radius 2 is 2.25 bits per heavy atom. The van der Waals surface area contributed by atoms with Crippen molar-refractivity contribution >= 4 is 0 Å². The van der Waals surface area contributed by atoms with Crippen molar-refractivity contribution in [3.05, 3.63) is 7.05 Å². The fraction of sp³-hybridized carbons (Fsp3) is 0.857. The molecule has 8 heavy (non-hydrogen) atoms. The van der Waals surface area contributed by atoms with Gasteiger partial charge in [-0.25, -0.2) is 0 Å². The van der Waals surface area contributed by atoms with Crippen molar-refractivity contribution in [3.63, 3.8) is 0 Å². The van der Waals surface area contributed by atoms with Crippen LogP contribution in [0, 0.1) is 13.0 Å². The van der Waals surface area contributed by atoms with Crippen LogP contribution in [-0.4, -0.2) is 12.6 Å². The molecular weight excluding hydrogens is 98.1 g/mol. The summed E-state index contributed by atoms with van der Waals surface area (Å²) in [7, 11) is 4.04. The molecule has 2 rings (SSSR count). The van der Waals surface area contributed by atoms with Crippen LogP contribution in [0.4, 0.5) is 0 Å². The fourth-order valence-electron chi connectivity index (χ4n) is 2.17. The standard InChI is InChI=1S/C7H13N/c1-8-5-6-2-3-7(8)4-6/h6-8H,1-5H2/t6-,7+/m1/s1. The van der Waals surface area contributed by atoms with Crippen LogP contribution in [0.15, 0.2) is 0 Å². The normalized spacial score (nSPS) is 52.9. The maximum absolute atomic E-state index is 4.04. The molecule has 1 heteroatoms. The third kappa shape index (κ3) is 0.510. The van der Waals surface area contributed by atoms with E-state index < -0.39 is 0 Å². The average molecular weight is 111 g/mol. The summed E-state index contributed by atoms with van der Waals surface area (Å²) in [5.41, 5.74) is 0. The van der Waals surface area contributed by atoms with E-state index in [1.54, 1.807) is 4.90 Å². The molecular formula is C7H13N. The van der Waals surface area contributed by atoms with Crippen LogP contribution in [0.5, 0.6) is 0 Å². The molecule has 2 bridgehead atoms.